The Kier molecular flexibility index (Phi) is 6.56. The molecule has 0 unspecified atom stereocenters. The lowest BCUT2D eigenvalue weighted by atomic mass is 10.1. The fourth-order valence-electron chi connectivity index (χ4n) is 2.97. The van der Waals surface area contributed by atoms with Crippen LogP contribution in [0.2, 0.25) is 5.02 Å². The molecule has 0 radical (unpaired) electrons. The molecule has 0 atom stereocenters. The van der Waals surface area contributed by atoms with E-state index in [0.29, 0.717) is 28.6 Å². The smallest absolute Gasteiger partial charge is 0.255 e. The van der Waals surface area contributed by atoms with Gasteiger partial charge in [0.25, 0.3) is 5.91 Å². The van der Waals surface area contributed by atoms with Crippen molar-refractivity contribution in [3.63, 3.8) is 0 Å². The average Bonchev–Trinajstić information content (AvgIpc) is 2.73. The highest BCUT2D eigenvalue weighted by atomic mass is 35.5. The van der Waals surface area contributed by atoms with Crippen LogP contribution < -0.4 is 15.4 Å². The molecule has 0 spiro atoms. The molecule has 5 heteroatoms. The maximum Gasteiger partial charge on any atom is 0.255 e. The highest BCUT2D eigenvalue weighted by molar-refractivity contribution is 6.32. The highest BCUT2D eigenvalue weighted by Crippen LogP contribution is 2.27. The molecule has 2 N–H and O–H groups in total. The summed E-state index contributed by atoms with van der Waals surface area (Å²) >= 11 is 6.12. The Labute approximate surface area is 170 Å². The minimum absolute atomic E-state index is 0.183. The van der Waals surface area contributed by atoms with E-state index >= 15 is 0 Å². The normalized spacial score (nSPS) is 10.4. The molecule has 0 saturated heterocycles. The van der Waals surface area contributed by atoms with Crippen molar-refractivity contribution < 1.29 is 9.53 Å². The standard InChI is InChI=1S/C23H23ClN2O2/c1-3-17-8-4-5-10-21(17)25-15-16-7-6-9-18(13-16)23(27)26-19-11-12-22(28-2)20(24)14-19/h4-14,25H,3,15H2,1-2H3,(H,26,27). The van der Waals surface area contributed by atoms with Gasteiger partial charge < -0.3 is 15.4 Å². The molecule has 0 bridgehead atoms. The van der Waals surface area contributed by atoms with Crippen molar-refractivity contribution in [2.75, 3.05) is 17.7 Å². The van der Waals surface area contributed by atoms with Gasteiger partial charge in [-0.05, 0) is 53.9 Å². The van der Waals surface area contributed by atoms with Crippen LogP contribution in [0.15, 0.2) is 66.7 Å². The Bertz CT molecular complexity index is 972. The zero-order valence-electron chi connectivity index (χ0n) is 16.0. The van der Waals surface area contributed by atoms with Gasteiger partial charge in [-0.2, -0.15) is 0 Å². The monoisotopic (exact) mass is 394 g/mol. The van der Waals surface area contributed by atoms with Crippen molar-refractivity contribution in [1.82, 2.24) is 0 Å². The minimum atomic E-state index is -0.183. The summed E-state index contributed by atoms with van der Waals surface area (Å²) in [5, 5.41) is 6.78. The van der Waals surface area contributed by atoms with Crippen LogP contribution in [-0.4, -0.2) is 13.0 Å². The second-order valence-electron chi connectivity index (χ2n) is 6.37. The molecular formula is C23H23ClN2O2. The maximum absolute atomic E-state index is 12.6. The van der Waals surface area contributed by atoms with Crippen LogP contribution in [0.3, 0.4) is 0 Å². The van der Waals surface area contributed by atoms with Gasteiger partial charge in [-0.3, -0.25) is 4.79 Å². The predicted octanol–water partition coefficient (Wildman–Crippen LogP) is 5.78. The third-order valence-corrected chi connectivity index (χ3v) is 4.78. The van der Waals surface area contributed by atoms with Crippen LogP contribution in [0, 0.1) is 0 Å². The molecule has 0 saturated carbocycles. The van der Waals surface area contributed by atoms with Gasteiger partial charge in [-0.25, -0.2) is 0 Å². The van der Waals surface area contributed by atoms with Gasteiger partial charge in [0, 0.05) is 23.5 Å². The van der Waals surface area contributed by atoms with Crippen LogP contribution in [-0.2, 0) is 13.0 Å². The molecule has 28 heavy (non-hydrogen) atoms. The molecule has 0 aromatic heterocycles. The lowest BCUT2D eigenvalue weighted by Crippen LogP contribution is -2.12. The number of halogens is 1. The van der Waals surface area contributed by atoms with Crippen LogP contribution in [0.1, 0.15) is 28.4 Å². The first kappa shape index (κ1) is 19.8. The summed E-state index contributed by atoms with van der Waals surface area (Å²) in [7, 11) is 1.55. The summed E-state index contributed by atoms with van der Waals surface area (Å²) in [5.41, 5.74) is 4.64. The van der Waals surface area contributed by atoms with E-state index in [2.05, 4.69) is 29.7 Å². The first-order chi connectivity index (χ1) is 13.6. The van der Waals surface area contributed by atoms with Gasteiger partial charge in [-0.15, -0.1) is 0 Å². The van der Waals surface area contributed by atoms with Crippen LogP contribution in [0.5, 0.6) is 5.75 Å². The van der Waals surface area contributed by atoms with Gasteiger partial charge >= 0.3 is 0 Å². The fourth-order valence-corrected chi connectivity index (χ4v) is 3.23. The van der Waals surface area contributed by atoms with E-state index in [1.54, 1.807) is 31.4 Å². The number of carbonyl (C=O) groups excluding carboxylic acids is 1. The van der Waals surface area contributed by atoms with Crippen LogP contribution in [0.25, 0.3) is 0 Å². The summed E-state index contributed by atoms with van der Waals surface area (Å²) < 4.78 is 5.13. The van der Waals surface area contributed by atoms with E-state index in [-0.39, 0.29) is 5.91 Å². The Balaban J connectivity index is 1.68. The number of hydrogen-bond donors (Lipinski definition) is 2. The molecule has 3 aromatic rings. The van der Waals surface area contributed by atoms with E-state index in [4.69, 9.17) is 16.3 Å². The quantitative estimate of drug-likeness (QED) is 0.534. The molecule has 0 fully saturated rings. The van der Waals surface area contributed by atoms with Crippen LogP contribution in [0.4, 0.5) is 11.4 Å². The summed E-state index contributed by atoms with van der Waals surface area (Å²) in [4.78, 5) is 12.6. The first-order valence-electron chi connectivity index (χ1n) is 9.16. The molecule has 1 amide bonds. The number of aryl methyl sites for hydroxylation is 1. The van der Waals surface area contributed by atoms with Crippen molar-refractivity contribution in [2.24, 2.45) is 0 Å². The van der Waals surface area contributed by atoms with Gasteiger partial charge in [0.05, 0.1) is 12.1 Å². The minimum Gasteiger partial charge on any atom is -0.495 e. The number of amides is 1. The molecule has 4 nitrogen and oxygen atoms in total. The molecule has 0 aliphatic rings. The van der Waals surface area contributed by atoms with Gasteiger partial charge in [0.2, 0.25) is 0 Å². The van der Waals surface area contributed by atoms with Gasteiger partial charge in [0.15, 0.2) is 0 Å². The lowest BCUT2D eigenvalue weighted by Gasteiger charge is -2.12. The van der Waals surface area contributed by atoms with Crippen molar-refractivity contribution in [3.8, 4) is 5.75 Å². The number of nitrogens with one attached hydrogen (secondary N) is 2. The first-order valence-corrected chi connectivity index (χ1v) is 9.54. The maximum atomic E-state index is 12.6. The highest BCUT2D eigenvalue weighted by Gasteiger charge is 2.09. The zero-order chi connectivity index (χ0) is 19.9. The van der Waals surface area contributed by atoms with Crippen molar-refractivity contribution in [2.45, 2.75) is 19.9 Å². The number of ether oxygens (including phenoxy) is 1. The number of benzene rings is 3. The summed E-state index contributed by atoms with van der Waals surface area (Å²) in [6.45, 7) is 2.78. The van der Waals surface area contributed by atoms with Gasteiger partial charge in [0.1, 0.15) is 5.75 Å². The largest absolute Gasteiger partial charge is 0.495 e. The fraction of sp³-hybridized carbons (Fsp3) is 0.174. The van der Waals surface area contributed by atoms with Crippen LogP contribution >= 0.6 is 11.6 Å². The Morgan fingerprint density at radius 2 is 1.86 bits per heavy atom. The zero-order valence-corrected chi connectivity index (χ0v) is 16.7. The second-order valence-corrected chi connectivity index (χ2v) is 6.78. The number of carbonyl (C=O) groups is 1. The van der Waals surface area contributed by atoms with Gasteiger partial charge in [-0.1, -0.05) is 48.9 Å². The third kappa shape index (κ3) is 4.84. The Hall–Kier alpha value is -2.98. The molecule has 3 aromatic carbocycles. The SMILES string of the molecule is CCc1ccccc1NCc1cccc(C(=O)Nc2ccc(OC)c(Cl)c2)c1. The Morgan fingerprint density at radius 3 is 2.61 bits per heavy atom. The molecular weight excluding hydrogens is 372 g/mol. The molecule has 0 aliphatic heterocycles. The lowest BCUT2D eigenvalue weighted by molar-refractivity contribution is 0.102. The number of methoxy groups -OCH3 is 1. The van der Waals surface area contributed by atoms with E-state index in [0.717, 1.165) is 17.7 Å². The molecule has 0 heterocycles. The summed E-state index contributed by atoms with van der Waals surface area (Å²) in [6.07, 6.45) is 0.968. The second kappa shape index (κ2) is 9.29. The van der Waals surface area contributed by atoms with E-state index in [1.807, 2.05) is 30.3 Å². The molecule has 144 valence electrons. The average molecular weight is 395 g/mol. The summed E-state index contributed by atoms with van der Waals surface area (Å²) in [5.74, 6) is 0.386. The van der Waals surface area contributed by atoms with E-state index < -0.39 is 0 Å². The van der Waals surface area contributed by atoms with Crippen molar-refractivity contribution >= 4 is 28.9 Å². The topological polar surface area (TPSA) is 50.4 Å². The predicted molar refractivity (Wildman–Crippen MR) is 116 cm³/mol. The number of anilines is 2. The molecule has 0 aliphatic carbocycles. The number of para-hydroxylation sites is 1. The summed E-state index contributed by atoms with van der Waals surface area (Å²) in [6, 6.07) is 21.0. The Morgan fingerprint density at radius 1 is 1.04 bits per heavy atom. The number of rotatable bonds is 7. The van der Waals surface area contributed by atoms with E-state index in [1.165, 1.54) is 5.56 Å². The van der Waals surface area contributed by atoms with Crippen molar-refractivity contribution in [1.29, 1.82) is 0 Å². The third-order valence-electron chi connectivity index (χ3n) is 4.48. The van der Waals surface area contributed by atoms with Crippen molar-refractivity contribution in [3.05, 3.63) is 88.4 Å². The molecule has 3 rings (SSSR count). The number of hydrogen-bond acceptors (Lipinski definition) is 3. The van der Waals surface area contributed by atoms with E-state index in [9.17, 15) is 4.79 Å².